The van der Waals surface area contributed by atoms with E-state index < -0.39 is 52.2 Å². The van der Waals surface area contributed by atoms with Gasteiger partial charge in [-0.15, -0.1) is 0 Å². The molecule has 3 rings (SSSR count). The molecule has 0 unspecified atom stereocenters. The maximum atomic E-state index is 14.2. The van der Waals surface area contributed by atoms with E-state index in [0.717, 1.165) is 66.9 Å². The number of nitrogens with zero attached hydrogens (tertiary/aromatic N) is 1. The van der Waals surface area contributed by atoms with Crippen LogP contribution in [0.5, 0.6) is 5.75 Å². The van der Waals surface area contributed by atoms with Gasteiger partial charge < -0.3 is 14.7 Å². The first-order valence-corrected chi connectivity index (χ1v) is 17.8. The zero-order valence-corrected chi connectivity index (χ0v) is 27.5. The van der Waals surface area contributed by atoms with Crippen LogP contribution in [0.1, 0.15) is 80.9 Å². The number of rotatable bonds is 19. The molecule has 0 saturated heterocycles. The first-order valence-electron chi connectivity index (χ1n) is 16.0. The summed E-state index contributed by atoms with van der Waals surface area (Å²) < 4.78 is 121. The molecule has 0 aliphatic heterocycles. The van der Waals surface area contributed by atoms with E-state index in [0.29, 0.717) is 44.6 Å². The van der Waals surface area contributed by atoms with Crippen LogP contribution >= 0.6 is 0 Å². The molecule has 2 aromatic carbocycles. The van der Waals surface area contributed by atoms with Crippen LogP contribution in [0.2, 0.25) is 0 Å². The minimum Gasteiger partial charge on any atom is -0.508 e. The average molecular weight is 696 g/mol. The van der Waals surface area contributed by atoms with E-state index in [1.54, 1.807) is 19.2 Å². The van der Waals surface area contributed by atoms with Crippen molar-refractivity contribution < 1.29 is 49.0 Å². The van der Waals surface area contributed by atoms with E-state index in [1.807, 2.05) is 11.0 Å². The van der Waals surface area contributed by atoms with Crippen LogP contribution in [-0.4, -0.2) is 75.4 Å². The highest BCUT2D eigenvalue weighted by atomic mass is 32.2. The molecule has 1 aliphatic carbocycles. The first-order chi connectivity index (χ1) is 22.1. The smallest absolute Gasteiger partial charge is 0.453 e. The molecule has 0 aromatic heterocycles. The number of fused-ring (bicyclic) bond motifs is 1. The van der Waals surface area contributed by atoms with Crippen LogP contribution in [0.3, 0.4) is 0 Å². The summed E-state index contributed by atoms with van der Waals surface area (Å²) in [5, 5.41) is 10.1. The number of aromatic hydroxyl groups is 1. The lowest BCUT2D eigenvalue weighted by Crippen LogP contribution is -2.36. The van der Waals surface area contributed by atoms with Gasteiger partial charge in [0.1, 0.15) is 27.2 Å². The van der Waals surface area contributed by atoms with Gasteiger partial charge in [-0.25, -0.2) is 17.2 Å². The third-order valence-electron chi connectivity index (χ3n) is 8.42. The van der Waals surface area contributed by atoms with Crippen molar-refractivity contribution in [3.63, 3.8) is 0 Å². The Kier molecular flexibility index (Phi) is 14.6. The Morgan fingerprint density at radius 1 is 0.830 bits per heavy atom. The molecule has 2 aromatic rings. The Balaban J connectivity index is 1.52. The second-order valence-electron chi connectivity index (χ2n) is 12.1. The molecule has 13 heteroatoms. The van der Waals surface area contributed by atoms with Crippen LogP contribution in [-0.2, 0) is 21.0 Å². The van der Waals surface area contributed by atoms with Gasteiger partial charge in [0.25, 0.3) is 0 Å². The van der Waals surface area contributed by atoms with E-state index in [1.165, 1.54) is 12.1 Å². The molecule has 0 atom stereocenters. The highest BCUT2D eigenvalue weighted by molar-refractivity contribution is 7.91. The van der Waals surface area contributed by atoms with Crippen molar-refractivity contribution in [1.29, 1.82) is 0 Å². The maximum Gasteiger partial charge on any atom is 0.453 e. The Bertz CT molecular complexity index is 1420. The number of methoxy groups -OCH3 is 1. The summed E-state index contributed by atoms with van der Waals surface area (Å²) in [6.45, 7) is 2.05. The first kappa shape index (κ1) is 38.8. The van der Waals surface area contributed by atoms with Crippen LogP contribution in [0, 0.1) is 11.6 Å². The number of phenolic OH excluding ortho intramolecular Hbond substituents is 1. The van der Waals surface area contributed by atoms with Gasteiger partial charge in [-0.1, -0.05) is 18.9 Å². The lowest BCUT2D eigenvalue weighted by atomic mass is 9.89. The van der Waals surface area contributed by atoms with Gasteiger partial charge in [-0.3, -0.25) is 0 Å². The normalized spacial score (nSPS) is 14.5. The van der Waals surface area contributed by atoms with Crippen molar-refractivity contribution in [2.75, 3.05) is 44.9 Å². The van der Waals surface area contributed by atoms with Gasteiger partial charge in [-0.05, 0) is 117 Å². The Hall–Kier alpha value is -2.64. The second kappa shape index (κ2) is 17.7. The number of phenols is 1. The number of halogens is 7. The summed E-state index contributed by atoms with van der Waals surface area (Å²) in [6, 6.07) is 8.81. The van der Waals surface area contributed by atoms with E-state index in [4.69, 9.17) is 4.74 Å². The second-order valence-corrected chi connectivity index (χ2v) is 14.4. The number of hydrogen-bond acceptors (Lipinski definition) is 5. The molecule has 47 heavy (non-hydrogen) atoms. The summed E-state index contributed by atoms with van der Waals surface area (Å²) in [7, 11) is -2.23. The summed E-state index contributed by atoms with van der Waals surface area (Å²) in [6.07, 6.45) is -1.59. The zero-order valence-electron chi connectivity index (χ0n) is 26.7. The van der Waals surface area contributed by atoms with Gasteiger partial charge in [0.15, 0.2) is 0 Å². The van der Waals surface area contributed by atoms with Crippen LogP contribution in [0.4, 0.5) is 30.7 Å². The van der Waals surface area contributed by atoms with Crippen molar-refractivity contribution >= 4 is 21.0 Å². The molecule has 0 bridgehead atoms. The Morgan fingerprint density at radius 2 is 1.49 bits per heavy atom. The Morgan fingerprint density at radius 3 is 2.17 bits per heavy atom. The molecule has 264 valence electrons. The molecule has 0 spiro atoms. The molecule has 0 heterocycles. The highest BCUT2D eigenvalue weighted by Crippen LogP contribution is 2.40. The number of unbranched alkanes of at least 4 members (excludes halogenated alkanes) is 3. The summed E-state index contributed by atoms with van der Waals surface area (Å²) in [5.41, 5.74) is 4.43. The van der Waals surface area contributed by atoms with Gasteiger partial charge in [0, 0.05) is 26.1 Å². The Labute approximate surface area is 272 Å². The predicted octanol–water partition coefficient (Wildman–Crippen LogP) is 8.60. The predicted molar refractivity (Wildman–Crippen MR) is 169 cm³/mol. The van der Waals surface area contributed by atoms with Crippen LogP contribution in [0.25, 0.3) is 11.1 Å². The standard InChI is InChI=1S/C34H44F7NO4S/c1-46-18-17-42(16-8-20-47(44,45)19-7-14-33(37,38)34(39,40)41)15-5-3-2-4-10-32-30(26-21-27(35)24-28(36)22-26)11-6-9-25-23-29(43)12-13-31(25)32/h12-13,21-24,43H,2-11,14-20H2,1H3. The number of aryl methyl sites for hydroxylation is 1. The van der Waals surface area contributed by atoms with Gasteiger partial charge >= 0.3 is 12.1 Å². The highest BCUT2D eigenvalue weighted by Gasteiger charge is 2.56. The SMILES string of the molecule is COCCN(CCCCCCC1=C(c2cc(F)cc(F)c2)CCCc2cc(O)ccc21)CCCS(=O)(=O)CCCC(F)(F)C(F)(F)F. The third kappa shape index (κ3) is 12.4. The largest absolute Gasteiger partial charge is 0.508 e. The number of sulfone groups is 1. The molecule has 0 radical (unpaired) electrons. The van der Waals surface area contributed by atoms with Gasteiger partial charge in [0.2, 0.25) is 0 Å². The molecular formula is C34H44F7NO4S. The number of ether oxygens (including phenoxy) is 1. The quantitative estimate of drug-likeness (QED) is 0.118. The number of alkyl halides is 5. The van der Waals surface area contributed by atoms with Gasteiger partial charge in [-0.2, -0.15) is 22.0 Å². The van der Waals surface area contributed by atoms with Crippen molar-refractivity contribution in [3.8, 4) is 5.75 Å². The van der Waals surface area contributed by atoms with Crippen molar-refractivity contribution in [1.82, 2.24) is 4.90 Å². The fourth-order valence-electron chi connectivity index (χ4n) is 6.00. The third-order valence-corrected chi connectivity index (χ3v) is 10.2. The number of hydrogen-bond donors (Lipinski definition) is 1. The van der Waals surface area contributed by atoms with E-state index in [-0.39, 0.29) is 17.9 Å². The summed E-state index contributed by atoms with van der Waals surface area (Å²) in [5.74, 6) is -7.05. The monoisotopic (exact) mass is 695 g/mol. The molecule has 1 N–H and O–H groups in total. The fraction of sp³-hybridized carbons (Fsp3) is 0.588. The van der Waals surface area contributed by atoms with Crippen molar-refractivity contribution in [2.45, 2.75) is 82.7 Å². The minimum absolute atomic E-state index is 0.171. The van der Waals surface area contributed by atoms with Crippen LogP contribution < -0.4 is 0 Å². The average Bonchev–Trinajstić information content (AvgIpc) is 3.14. The molecule has 0 fully saturated rings. The lowest BCUT2D eigenvalue weighted by molar-refractivity contribution is -0.284. The maximum absolute atomic E-state index is 14.2. The molecule has 0 saturated carbocycles. The molecule has 1 aliphatic rings. The zero-order chi connectivity index (χ0) is 34.7. The fourth-order valence-corrected chi connectivity index (χ4v) is 7.35. The number of benzene rings is 2. The van der Waals surface area contributed by atoms with E-state index >= 15 is 0 Å². The van der Waals surface area contributed by atoms with Gasteiger partial charge in [0.05, 0.1) is 18.1 Å². The molecule has 0 amide bonds. The topological polar surface area (TPSA) is 66.8 Å². The molecular weight excluding hydrogens is 651 g/mol. The molecule has 5 nitrogen and oxygen atoms in total. The minimum atomic E-state index is -5.70. The van der Waals surface area contributed by atoms with Crippen molar-refractivity contribution in [3.05, 3.63) is 64.7 Å². The summed E-state index contributed by atoms with van der Waals surface area (Å²) >= 11 is 0. The van der Waals surface area contributed by atoms with E-state index in [2.05, 4.69) is 0 Å². The lowest BCUT2D eigenvalue weighted by Gasteiger charge is -2.22. The van der Waals surface area contributed by atoms with Crippen molar-refractivity contribution in [2.24, 2.45) is 0 Å². The van der Waals surface area contributed by atoms with E-state index in [9.17, 15) is 44.3 Å². The summed E-state index contributed by atoms with van der Waals surface area (Å²) in [4.78, 5) is 2.05. The van der Waals surface area contributed by atoms with Crippen LogP contribution in [0.15, 0.2) is 36.4 Å². The number of allylic oxidation sites excluding steroid dienone is 2.